The lowest BCUT2D eigenvalue weighted by Gasteiger charge is -2.12. The lowest BCUT2D eigenvalue weighted by Crippen LogP contribution is -2.13. The van der Waals surface area contributed by atoms with Crippen molar-refractivity contribution in [2.75, 3.05) is 6.61 Å². The van der Waals surface area contributed by atoms with Crippen molar-refractivity contribution in [1.29, 1.82) is 5.26 Å². The molecule has 0 atom stereocenters. The molecule has 0 amide bonds. The average molecular weight is 323 g/mol. The first kappa shape index (κ1) is 17.2. The van der Waals surface area contributed by atoms with E-state index in [1.807, 2.05) is 36.4 Å². The van der Waals surface area contributed by atoms with Crippen LogP contribution in [0, 0.1) is 11.3 Å². The van der Waals surface area contributed by atoms with Crippen LogP contribution in [-0.2, 0) is 11.3 Å². The normalized spacial score (nSPS) is 9.88. The van der Waals surface area contributed by atoms with E-state index in [0.29, 0.717) is 5.75 Å². The maximum absolute atomic E-state index is 12.1. The standard InChI is InChI=1S/C19H17NO4/c1-3-23-19(22)17-10-16(9-15(11-20)18(17)13(2)21)24-12-14-7-5-4-6-8-14/h4-10H,3,12H2,1-2H3. The molecule has 24 heavy (non-hydrogen) atoms. The number of Topliss-reactive ketones (excluding diaryl/α,β-unsaturated/α-hetero) is 1. The second-order valence-electron chi connectivity index (χ2n) is 5.06. The Morgan fingerprint density at radius 1 is 1.17 bits per heavy atom. The molecule has 5 heteroatoms. The number of rotatable bonds is 6. The summed E-state index contributed by atoms with van der Waals surface area (Å²) < 4.78 is 10.6. The third-order valence-corrected chi connectivity index (χ3v) is 3.33. The molecular formula is C19H17NO4. The van der Waals surface area contributed by atoms with E-state index < -0.39 is 5.97 Å². The van der Waals surface area contributed by atoms with Crippen LogP contribution in [0.1, 0.15) is 45.7 Å². The summed E-state index contributed by atoms with van der Waals surface area (Å²) in [5.74, 6) is -0.683. The Labute approximate surface area is 140 Å². The molecule has 0 spiro atoms. The van der Waals surface area contributed by atoms with Gasteiger partial charge < -0.3 is 9.47 Å². The van der Waals surface area contributed by atoms with Crippen molar-refractivity contribution in [3.8, 4) is 11.8 Å². The molecule has 0 saturated heterocycles. The Morgan fingerprint density at radius 2 is 1.88 bits per heavy atom. The van der Waals surface area contributed by atoms with Crippen LogP contribution in [0.4, 0.5) is 0 Å². The van der Waals surface area contributed by atoms with Crippen LogP contribution >= 0.6 is 0 Å². The molecule has 0 fully saturated rings. The summed E-state index contributed by atoms with van der Waals surface area (Å²) in [5, 5.41) is 9.30. The van der Waals surface area contributed by atoms with Gasteiger partial charge in [-0.3, -0.25) is 4.79 Å². The molecule has 0 aromatic heterocycles. The number of hydrogen-bond donors (Lipinski definition) is 0. The molecule has 0 aliphatic carbocycles. The zero-order chi connectivity index (χ0) is 17.5. The summed E-state index contributed by atoms with van der Waals surface area (Å²) in [6, 6.07) is 14.3. The van der Waals surface area contributed by atoms with E-state index in [0.717, 1.165) is 5.56 Å². The summed E-state index contributed by atoms with van der Waals surface area (Å²) in [7, 11) is 0. The lowest BCUT2D eigenvalue weighted by atomic mass is 9.98. The quantitative estimate of drug-likeness (QED) is 0.600. The van der Waals surface area contributed by atoms with Crippen LogP contribution in [-0.4, -0.2) is 18.4 Å². The van der Waals surface area contributed by atoms with Crippen molar-refractivity contribution in [2.24, 2.45) is 0 Å². The number of carbonyl (C=O) groups excluding carboxylic acids is 2. The third kappa shape index (κ3) is 3.99. The fourth-order valence-corrected chi connectivity index (χ4v) is 2.28. The van der Waals surface area contributed by atoms with E-state index in [2.05, 4.69) is 0 Å². The molecular weight excluding hydrogens is 306 g/mol. The van der Waals surface area contributed by atoms with Crippen molar-refractivity contribution < 1.29 is 19.1 Å². The number of ether oxygens (including phenoxy) is 2. The van der Waals surface area contributed by atoms with Gasteiger partial charge in [-0.05, 0) is 31.5 Å². The van der Waals surface area contributed by atoms with Gasteiger partial charge in [-0.1, -0.05) is 30.3 Å². The summed E-state index contributed by atoms with van der Waals surface area (Å²) in [6.45, 7) is 3.44. The highest BCUT2D eigenvalue weighted by Gasteiger charge is 2.21. The SMILES string of the molecule is CCOC(=O)c1cc(OCc2ccccc2)cc(C#N)c1C(C)=O. The van der Waals surface area contributed by atoms with Gasteiger partial charge in [-0.15, -0.1) is 0 Å². The topological polar surface area (TPSA) is 76.4 Å². The number of nitrogens with zero attached hydrogens (tertiary/aromatic N) is 1. The molecule has 0 aliphatic heterocycles. The second kappa shape index (κ2) is 7.93. The highest BCUT2D eigenvalue weighted by Crippen LogP contribution is 2.25. The Balaban J connectivity index is 2.39. The molecule has 2 aromatic carbocycles. The Kier molecular flexibility index (Phi) is 5.69. The van der Waals surface area contributed by atoms with Crippen LogP contribution < -0.4 is 4.74 Å². The molecule has 2 aromatic rings. The fraction of sp³-hybridized carbons (Fsp3) is 0.211. The van der Waals surface area contributed by atoms with E-state index >= 15 is 0 Å². The van der Waals surface area contributed by atoms with Gasteiger partial charge in [-0.2, -0.15) is 5.26 Å². The van der Waals surface area contributed by atoms with Gasteiger partial charge in [-0.25, -0.2) is 4.79 Å². The Morgan fingerprint density at radius 3 is 2.46 bits per heavy atom. The van der Waals surface area contributed by atoms with Gasteiger partial charge >= 0.3 is 5.97 Å². The van der Waals surface area contributed by atoms with Gasteiger partial charge in [0.15, 0.2) is 5.78 Å². The van der Waals surface area contributed by atoms with Gasteiger partial charge in [0.05, 0.1) is 17.7 Å². The van der Waals surface area contributed by atoms with Gasteiger partial charge in [0, 0.05) is 5.56 Å². The van der Waals surface area contributed by atoms with Crippen molar-refractivity contribution in [2.45, 2.75) is 20.5 Å². The number of benzene rings is 2. The van der Waals surface area contributed by atoms with Crippen molar-refractivity contribution >= 4 is 11.8 Å². The van der Waals surface area contributed by atoms with Crippen LogP contribution in [0.15, 0.2) is 42.5 Å². The number of nitriles is 1. The largest absolute Gasteiger partial charge is 0.489 e. The summed E-state index contributed by atoms with van der Waals surface area (Å²) >= 11 is 0. The highest BCUT2D eigenvalue weighted by molar-refractivity contribution is 6.07. The zero-order valence-corrected chi connectivity index (χ0v) is 13.5. The summed E-state index contributed by atoms with van der Waals surface area (Å²) in [4.78, 5) is 24.0. The van der Waals surface area contributed by atoms with Crippen LogP contribution in [0.25, 0.3) is 0 Å². The molecule has 0 radical (unpaired) electrons. The molecule has 0 unspecified atom stereocenters. The molecule has 0 saturated carbocycles. The molecule has 0 bridgehead atoms. The number of hydrogen-bond acceptors (Lipinski definition) is 5. The molecule has 5 nitrogen and oxygen atoms in total. The highest BCUT2D eigenvalue weighted by atomic mass is 16.5. The van der Waals surface area contributed by atoms with Gasteiger partial charge in [0.25, 0.3) is 0 Å². The first-order valence-electron chi connectivity index (χ1n) is 7.49. The van der Waals surface area contributed by atoms with Crippen LogP contribution in [0.3, 0.4) is 0 Å². The minimum absolute atomic E-state index is 0.0476. The number of ketones is 1. The monoisotopic (exact) mass is 323 g/mol. The number of carbonyl (C=O) groups is 2. The van der Waals surface area contributed by atoms with E-state index in [1.54, 1.807) is 6.92 Å². The first-order valence-corrected chi connectivity index (χ1v) is 7.49. The maximum atomic E-state index is 12.1. The van der Waals surface area contributed by atoms with Crippen LogP contribution in [0.5, 0.6) is 5.75 Å². The Bertz CT molecular complexity index is 791. The fourth-order valence-electron chi connectivity index (χ4n) is 2.28. The molecule has 122 valence electrons. The zero-order valence-electron chi connectivity index (χ0n) is 13.5. The van der Waals surface area contributed by atoms with E-state index in [9.17, 15) is 14.9 Å². The van der Waals surface area contributed by atoms with E-state index in [1.165, 1.54) is 19.1 Å². The maximum Gasteiger partial charge on any atom is 0.339 e. The average Bonchev–Trinajstić information content (AvgIpc) is 2.59. The van der Waals surface area contributed by atoms with E-state index in [4.69, 9.17) is 9.47 Å². The van der Waals surface area contributed by atoms with Crippen molar-refractivity contribution in [1.82, 2.24) is 0 Å². The predicted octanol–water partition coefficient (Wildman–Crippen LogP) is 3.52. The minimum Gasteiger partial charge on any atom is -0.489 e. The van der Waals surface area contributed by atoms with Crippen molar-refractivity contribution in [3.63, 3.8) is 0 Å². The lowest BCUT2D eigenvalue weighted by molar-refractivity contribution is 0.0522. The molecule has 0 heterocycles. The molecule has 2 rings (SSSR count). The second-order valence-corrected chi connectivity index (χ2v) is 5.06. The van der Waals surface area contributed by atoms with Gasteiger partial charge in [0.1, 0.15) is 18.4 Å². The minimum atomic E-state index is -0.649. The van der Waals surface area contributed by atoms with Crippen molar-refractivity contribution in [3.05, 3.63) is 64.7 Å². The molecule has 0 N–H and O–H groups in total. The molecule has 0 aliphatic rings. The summed E-state index contributed by atoms with van der Waals surface area (Å²) in [6.07, 6.45) is 0. The third-order valence-electron chi connectivity index (χ3n) is 3.33. The summed E-state index contributed by atoms with van der Waals surface area (Å²) in [5.41, 5.74) is 1.15. The number of esters is 1. The smallest absolute Gasteiger partial charge is 0.339 e. The van der Waals surface area contributed by atoms with E-state index in [-0.39, 0.29) is 35.7 Å². The predicted molar refractivity (Wildman–Crippen MR) is 87.9 cm³/mol. The van der Waals surface area contributed by atoms with Crippen LogP contribution in [0.2, 0.25) is 0 Å². The Hall–Kier alpha value is -3.13. The first-order chi connectivity index (χ1) is 11.6. The van der Waals surface area contributed by atoms with Gasteiger partial charge in [0.2, 0.25) is 0 Å².